The maximum Gasteiger partial charge on any atom is 0.236 e. The number of thiophene rings is 1. The second-order valence-corrected chi connectivity index (χ2v) is 7.39. The predicted molar refractivity (Wildman–Crippen MR) is 80.9 cm³/mol. The summed E-state index contributed by atoms with van der Waals surface area (Å²) in [6.07, 6.45) is 0. The lowest BCUT2D eigenvalue weighted by Gasteiger charge is -2.19. The molecule has 0 aliphatic rings. The number of rotatable bonds is 6. The summed E-state index contributed by atoms with van der Waals surface area (Å²) in [7, 11) is 0. The number of amides is 1. The molecule has 0 aliphatic carbocycles. The van der Waals surface area contributed by atoms with Crippen LogP contribution in [0, 0.1) is 5.92 Å². The van der Waals surface area contributed by atoms with Crippen LogP contribution >= 0.6 is 27.3 Å². The van der Waals surface area contributed by atoms with Gasteiger partial charge in [0.15, 0.2) is 0 Å². The van der Waals surface area contributed by atoms with Crippen molar-refractivity contribution in [3.63, 3.8) is 0 Å². The first-order valence-corrected chi connectivity index (χ1v) is 7.80. The number of hydrogen-bond acceptors (Lipinski definition) is 3. The van der Waals surface area contributed by atoms with E-state index in [2.05, 4.69) is 53.4 Å². The summed E-state index contributed by atoms with van der Waals surface area (Å²) < 4.78 is 1.11. The van der Waals surface area contributed by atoms with Crippen LogP contribution in [0.25, 0.3) is 0 Å². The summed E-state index contributed by atoms with van der Waals surface area (Å²) in [4.78, 5) is 13.1. The van der Waals surface area contributed by atoms with Crippen LogP contribution in [-0.2, 0) is 4.79 Å². The highest BCUT2D eigenvalue weighted by molar-refractivity contribution is 9.11. The van der Waals surface area contributed by atoms with Crippen molar-refractivity contribution < 1.29 is 4.79 Å². The highest BCUT2D eigenvalue weighted by Gasteiger charge is 2.17. The minimum absolute atomic E-state index is 0.0613. The van der Waals surface area contributed by atoms with Crippen molar-refractivity contribution in [3.05, 3.63) is 20.8 Å². The number of nitrogens with one attached hydrogen (secondary N) is 2. The Morgan fingerprint density at radius 3 is 2.50 bits per heavy atom. The van der Waals surface area contributed by atoms with Gasteiger partial charge in [-0.2, -0.15) is 0 Å². The fraction of sp³-hybridized carbons (Fsp3) is 0.615. The quantitative estimate of drug-likeness (QED) is 0.838. The Hall–Kier alpha value is -0.390. The van der Waals surface area contributed by atoms with Gasteiger partial charge in [-0.3, -0.25) is 10.1 Å². The third kappa shape index (κ3) is 5.08. The number of carbonyl (C=O) groups excluding carboxylic acids is 1. The Morgan fingerprint density at radius 1 is 1.33 bits per heavy atom. The van der Waals surface area contributed by atoms with Crippen LogP contribution in [0.1, 0.15) is 38.6 Å². The molecule has 1 amide bonds. The zero-order chi connectivity index (χ0) is 13.7. The zero-order valence-electron chi connectivity index (χ0n) is 11.3. The first-order valence-electron chi connectivity index (χ1n) is 6.19. The lowest BCUT2D eigenvalue weighted by Crippen LogP contribution is -2.44. The Kier molecular flexibility index (Phi) is 6.32. The van der Waals surface area contributed by atoms with Gasteiger partial charge >= 0.3 is 0 Å². The molecule has 18 heavy (non-hydrogen) atoms. The van der Waals surface area contributed by atoms with E-state index in [0.29, 0.717) is 5.92 Å². The molecule has 5 heteroatoms. The smallest absolute Gasteiger partial charge is 0.236 e. The van der Waals surface area contributed by atoms with E-state index < -0.39 is 0 Å². The second-order valence-electron chi connectivity index (χ2n) is 4.89. The lowest BCUT2D eigenvalue weighted by molar-refractivity contribution is -0.123. The third-order valence-corrected chi connectivity index (χ3v) is 4.40. The van der Waals surface area contributed by atoms with E-state index in [1.165, 1.54) is 4.88 Å². The molecule has 2 unspecified atom stereocenters. The molecular formula is C13H21BrN2OS. The van der Waals surface area contributed by atoms with Gasteiger partial charge in [0.2, 0.25) is 5.91 Å². The molecule has 2 N–H and O–H groups in total. The molecule has 0 aromatic carbocycles. The Labute approximate surface area is 121 Å². The molecule has 1 heterocycles. The highest BCUT2D eigenvalue weighted by Crippen LogP contribution is 2.27. The highest BCUT2D eigenvalue weighted by atomic mass is 79.9. The first kappa shape index (κ1) is 15.7. The van der Waals surface area contributed by atoms with Gasteiger partial charge in [-0.05, 0) is 47.8 Å². The zero-order valence-corrected chi connectivity index (χ0v) is 13.7. The third-order valence-electron chi connectivity index (χ3n) is 2.60. The molecule has 0 saturated carbocycles. The lowest BCUT2D eigenvalue weighted by atomic mass is 10.2. The van der Waals surface area contributed by atoms with Crippen LogP contribution in [0.15, 0.2) is 15.9 Å². The van der Waals surface area contributed by atoms with E-state index in [-0.39, 0.29) is 18.0 Å². The van der Waals surface area contributed by atoms with Gasteiger partial charge in [-0.1, -0.05) is 13.8 Å². The summed E-state index contributed by atoms with van der Waals surface area (Å²) in [5.74, 6) is 0.540. The summed E-state index contributed by atoms with van der Waals surface area (Å²) >= 11 is 5.14. The van der Waals surface area contributed by atoms with Gasteiger partial charge in [0, 0.05) is 17.5 Å². The topological polar surface area (TPSA) is 41.1 Å². The molecule has 0 bridgehead atoms. The van der Waals surface area contributed by atoms with Crippen molar-refractivity contribution >= 4 is 33.2 Å². The molecule has 1 aromatic rings. The predicted octanol–water partition coefficient (Wildman–Crippen LogP) is 3.32. The van der Waals surface area contributed by atoms with Crippen molar-refractivity contribution in [1.29, 1.82) is 0 Å². The van der Waals surface area contributed by atoms with Crippen molar-refractivity contribution in [2.45, 2.75) is 39.8 Å². The summed E-state index contributed by atoms with van der Waals surface area (Å²) in [6, 6.07) is 4.10. The van der Waals surface area contributed by atoms with E-state index in [1.807, 2.05) is 13.0 Å². The van der Waals surface area contributed by atoms with Gasteiger partial charge in [0.1, 0.15) is 0 Å². The van der Waals surface area contributed by atoms with E-state index >= 15 is 0 Å². The van der Waals surface area contributed by atoms with E-state index in [1.54, 1.807) is 11.3 Å². The van der Waals surface area contributed by atoms with Crippen LogP contribution in [-0.4, -0.2) is 18.5 Å². The maximum atomic E-state index is 11.8. The van der Waals surface area contributed by atoms with E-state index in [9.17, 15) is 4.79 Å². The van der Waals surface area contributed by atoms with Gasteiger partial charge < -0.3 is 5.32 Å². The van der Waals surface area contributed by atoms with Gasteiger partial charge in [0.25, 0.3) is 0 Å². The molecule has 0 aliphatic heterocycles. The molecule has 2 atom stereocenters. The standard InChI is InChI=1S/C13H21BrN2OS/c1-8(2)7-15-13(17)10(4)16-9(3)11-5-6-12(14)18-11/h5-6,8-10,16H,7H2,1-4H3,(H,15,17). The van der Waals surface area contributed by atoms with Crippen LogP contribution < -0.4 is 10.6 Å². The molecule has 0 saturated heterocycles. The molecule has 0 fully saturated rings. The Balaban J connectivity index is 2.43. The van der Waals surface area contributed by atoms with Crippen molar-refractivity contribution in [2.24, 2.45) is 5.92 Å². The van der Waals surface area contributed by atoms with Crippen LogP contribution in [0.4, 0.5) is 0 Å². The minimum atomic E-state index is -0.181. The maximum absolute atomic E-state index is 11.8. The number of carbonyl (C=O) groups is 1. The van der Waals surface area contributed by atoms with Gasteiger partial charge in [-0.15, -0.1) is 11.3 Å². The molecule has 0 radical (unpaired) electrons. The summed E-state index contributed by atoms with van der Waals surface area (Å²) in [5.41, 5.74) is 0. The molecule has 0 spiro atoms. The second kappa shape index (κ2) is 7.26. The fourth-order valence-electron chi connectivity index (χ4n) is 1.55. The van der Waals surface area contributed by atoms with Crippen molar-refractivity contribution in [1.82, 2.24) is 10.6 Å². The minimum Gasteiger partial charge on any atom is -0.354 e. The van der Waals surface area contributed by atoms with Crippen molar-refractivity contribution in [3.8, 4) is 0 Å². The van der Waals surface area contributed by atoms with Gasteiger partial charge in [-0.25, -0.2) is 0 Å². The summed E-state index contributed by atoms with van der Waals surface area (Å²) in [5, 5.41) is 6.25. The van der Waals surface area contributed by atoms with Crippen LogP contribution in [0.2, 0.25) is 0 Å². The first-order chi connectivity index (χ1) is 8.40. The molecule has 1 rings (SSSR count). The number of halogens is 1. The van der Waals surface area contributed by atoms with E-state index in [0.717, 1.165) is 10.3 Å². The molecule has 1 aromatic heterocycles. The largest absolute Gasteiger partial charge is 0.354 e. The average Bonchev–Trinajstić information content (AvgIpc) is 2.72. The van der Waals surface area contributed by atoms with Gasteiger partial charge in [0.05, 0.1) is 9.83 Å². The fourth-order valence-corrected chi connectivity index (χ4v) is 2.99. The van der Waals surface area contributed by atoms with Crippen LogP contribution in [0.3, 0.4) is 0 Å². The SMILES string of the molecule is CC(C)CNC(=O)C(C)NC(C)c1ccc(Br)s1. The van der Waals surface area contributed by atoms with Crippen LogP contribution in [0.5, 0.6) is 0 Å². The summed E-state index contributed by atoms with van der Waals surface area (Å²) in [6.45, 7) is 8.87. The molecule has 3 nitrogen and oxygen atoms in total. The average molecular weight is 333 g/mol. The Bertz CT molecular complexity index is 392. The molecule has 102 valence electrons. The van der Waals surface area contributed by atoms with Crippen molar-refractivity contribution in [2.75, 3.05) is 6.54 Å². The monoisotopic (exact) mass is 332 g/mol. The van der Waals surface area contributed by atoms with E-state index in [4.69, 9.17) is 0 Å². The normalized spacial score (nSPS) is 14.6. The molecular weight excluding hydrogens is 312 g/mol. The number of hydrogen-bond donors (Lipinski definition) is 2. The Morgan fingerprint density at radius 2 is 2.00 bits per heavy atom.